The Morgan fingerprint density at radius 2 is 1.52 bits per heavy atom. The second-order valence-corrected chi connectivity index (χ2v) is 11.8. The highest BCUT2D eigenvalue weighted by Crippen LogP contribution is 2.41. The SMILES string of the molecule is C/C=C/CCC1CCC(C2COC(c3cc(F)c(C(F)(F)Oc4ccc(-c5ccc(Cl)c(F)c5)c(F)c4)c(F)c3)OC2)CC1. The first-order valence-corrected chi connectivity index (χ1v) is 15.1. The maximum atomic E-state index is 15.0. The third kappa shape index (κ3) is 7.44. The third-order valence-corrected chi connectivity index (χ3v) is 8.81. The Hall–Kier alpha value is -3.01. The number of benzene rings is 3. The van der Waals surface area contributed by atoms with Gasteiger partial charge in [-0.05, 0) is 86.4 Å². The van der Waals surface area contributed by atoms with Gasteiger partial charge in [-0.1, -0.05) is 42.7 Å². The van der Waals surface area contributed by atoms with E-state index in [0.29, 0.717) is 31.1 Å². The van der Waals surface area contributed by atoms with Crippen LogP contribution in [0.5, 0.6) is 5.75 Å². The lowest BCUT2D eigenvalue weighted by Gasteiger charge is -2.38. The van der Waals surface area contributed by atoms with Crippen molar-refractivity contribution in [2.45, 2.75) is 57.8 Å². The first-order valence-electron chi connectivity index (χ1n) is 14.7. The Morgan fingerprint density at radius 3 is 2.14 bits per heavy atom. The summed E-state index contributed by atoms with van der Waals surface area (Å²) in [7, 11) is 0. The van der Waals surface area contributed by atoms with Crippen molar-refractivity contribution in [3.63, 3.8) is 0 Å². The molecule has 3 nitrogen and oxygen atoms in total. The summed E-state index contributed by atoms with van der Waals surface area (Å²) in [6, 6.07) is 7.71. The van der Waals surface area contributed by atoms with Gasteiger partial charge in [0, 0.05) is 23.1 Å². The Bertz CT molecular complexity index is 1460. The van der Waals surface area contributed by atoms with Crippen LogP contribution in [0.25, 0.3) is 11.1 Å². The maximum absolute atomic E-state index is 15.0. The molecule has 5 rings (SSSR count). The average molecular weight is 639 g/mol. The van der Waals surface area contributed by atoms with Gasteiger partial charge in [-0.15, -0.1) is 0 Å². The number of ether oxygens (including phenoxy) is 3. The quantitative estimate of drug-likeness (QED) is 0.172. The van der Waals surface area contributed by atoms with Crippen molar-refractivity contribution >= 4 is 11.6 Å². The summed E-state index contributed by atoms with van der Waals surface area (Å²) < 4.78 is 105. The summed E-state index contributed by atoms with van der Waals surface area (Å²) in [5.74, 6) is -4.32. The lowest BCUT2D eigenvalue weighted by atomic mass is 9.75. The van der Waals surface area contributed by atoms with Crippen LogP contribution in [0.4, 0.5) is 26.3 Å². The van der Waals surface area contributed by atoms with Crippen LogP contribution < -0.4 is 4.74 Å². The number of alkyl halides is 2. The molecule has 0 amide bonds. The van der Waals surface area contributed by atoms with E-state index in [1.54, 1.807) is 0 Å². The fraction of sp³-hybridized carbons (Fsp3) is 0.412. The lowest BCUT2D eigenvalue weighted by molar-refractivity contribution is -0.215. The van der Waals surface area contributed by atoms with Crippen LogP contribution in [0.1, 0.15) is 62.9 Å². The van der Waals surface area contributed by atoms with Crippen molar-refractivity contribution in [2.75, 3.05) is 13.2 Å². The number of hydrogen-bond donors (Lipinski definition) is 0. The van der Waals surface area contributed by atoms with E-state index in [-0.39, 0.29) is 27.6 Å². The van der Waals surface area contributed by atoms with Gasteiger partial charge in [-0.2, -0.15) is 8.78 Å². The van der Waals surface area contributed by atoms with E-state index in [0.717, 1.165) is 62.4 Å². The molecular formula is C34H33ClF6O3. The zero-order valence-electron chi connectivity index (χ0n) is 24.1. The fourth-order valence-electron chi connectivity index (χ4n) is 6.09. The van der Waals surface area contributed by atoms with Crippen LogP contribution in [0.3, 0.4) is 0 Å². The van der Waals surface area contributed by atoms with Crippen LogP contribution in [0.2, 0.25) is 5.02 Å². The molecule has 1 saturated heterocycles. The van der Waals surface area contributed by atoms with Gasteiger partial charge < -0.3 is 14.2 Å². The number of halogens is 7. The van der Waals surface area contributed by atoms with Crippen LogP contribution in [-0.2, 0) is 15.6 Å². The zero-order valence-corrected chi connectivity index (χ0v) is 24.9. The normalized spacial score (nSPS) is 22.8. The van der Waals surface area contributed by atoms with Crippen molar-refractivity contribution in [3.8, 4) is 16.9 Å². The standard InChI is InChI=1S/C34H33ClF6O3/c1-2-3-4-5-20-6-8-21(9-7-20)24-18-42-33(43-19-24)23-15-30(38)32(31(39)16-23)34(40,41)44-25-11-12-26(28(36)17-25)22-10-13-27(35)29(37)14-22/h2-3,10-17,20-21,24,33H,4-9,18-19H2,1H3/b3-2+. The molecule has 0 aromatic heterocycles. The molecule has 1 aliphatic carbocycles. The van der Waals surface area contributed by atoms with Crippen molar-refractivity contribution in [1.82, 2.24) is 0 Å². The molecule has 2 aliphatic rings. The fourth-order valence-corrected chi connectivity index (χ4v) is 6.21. The van der Waals surface area contributed by atoms with Gasteiger partial charge in [0.1, 0.15) is 34.6 Å². The summed E-state index contributed by atoms with van der Waals surface area (Å²) in [4.78, 5) is 0. The lowest BCUT2D eigenvalue weighted by Crippen LogP contribution is -2.34. The Balaban J connectivity index is 1.21. The van der Waals surface area contributed by atoms with Gasteiger partial charge in [0.2, 0.25) is 0 Å². The van der Waals surface area contributed by atoms with Crippen molar-refractivity contribution in [3.05, 3.63) is 100 Å². The van der Waals surface area contributed by atoms with E-state index < -0.39 is 47.0 Å². The highest BCUT2D eigenvalue weighted by Gasteiger charge is 2.42. The summed E-state index contributed by atoms with van der Waals surface area (Å²) in [6.07, 6.45) is 5.38. The van der Waals surface area contributed by atoms with Crippen LogP contribution >= 0.6 is 11.6 Å². The van der Waals surface area contributed by atoms with E-state index in [4.69, 9.17) is 21.1 Å². The van der Waals surface area contributed by atoms with Crippen molar-refractivity contribution in [2.24, 2.45) is 17.8 Å². The first-order chi connectivity index (χ1) is 21.1. The largest absolute Gasteiger partial charge is 0.432 e. The molecule has 3 aromatic carbocycles. The summed E-state index contributed by atoms with van der Waals surface area (Å²) >= 11 is 5.65. The van der Waals surface area contributed by atoms with Crippen molar-refractivity contribution < 1.29 is 40.6 Å². The molecule has 1 heterocycles. The van der Waals surface area contributed by atoms with Crippen LogP contribution in [0.15, 0.2) is 60.7 Å². The van der Waals surface area contributed by atoms with Gasteiger partial charge in [-0.3, -0.25) is 0 Å². The highest BCUT2D eigenvalue weighted by atomic mass is 35.5. The van der Waals surface area contributed by atoms with Gasteiger partial charge in [-0.25, -0.2) is 17.6 Å². The molecule has 10 heteroatoms. The smallest absolute Gasteiger partial charge is 0.429 e. The minimum absolute atomic E-state index is 0.0729. The van der Waals surface area contributed by atoms with Gasteiger partial charge in [0.25, 0.3) is 0 Å². The highest BCUT2D eigenvalue weighted by molar-refractivity contribution is 6.30. The van der Waals surface area contributed by atoms with Crippen LogP contribution in [-0.4, -0.2) is 13.2 Å². The topological polar surface area (TPSA) is 27.7 Å². The monoisotopic (exact) mass is 638 g/mol. The van der Waals surface area contributed by atoms with E-state index in [2.05, 4.69) is 16.9 Å². The molecule has 0 bridgehead atoms. The second-order valence-electron chi connectivity index (χ2n) is 11.4. The molecule has 0 atom stereocenters. The molecule has 1 saturated carbocycles. The number of rotatable bonds is 9. The number of allylic oxidation sites excluding steroid dienone is 2. The second kappa shape index (κ2) is 14.0. The Labute approximate surface area is 257 Å². The molecule has 2 fully saturated rings. The molecule has 0 N–H and O–H groups in total. The van der Waals surface area contributed by atoms with E-state index in [1.165, 1.54) is 18.6 Å². The number of hydrogen-bond acceptors (Lipinski definition) is 3. The van der Waals surface area contributed by atoms with Crippen LogP contribution in [0, 0.1) is 41.0 Å². The van der Waals surface area contributed by atoms with Gasteiger partial charge >= 0.3 is 6.11 Å². The minimum atomic E-state index is -4.49. The maximum Gasteiger partial charge on any atom is 0.432 e. The van der Waals surface area contributed by atoms with Gasteiger partial charge in [0.15, 0.2) is 6.29 Å². The first kappa shape index (κ1) is 32.4. The molecule has 3 aromatic rings. The van der Waals surface area contributed by atoms with Gasteiger partial charge in [0.05, 0.1) is 18.2 Å². The molecule has 44 heavy (non-hydrogen) atoms. The summed E-state index contributed by atoms with van der Waals surface area (Å²) in [5, 5.41) is -0.168. The van der Waals surface area contributed by atoms with Crippen molar-refractivity contribution in [1.29, 1.82) is 0 Å². The molecule has 0 unspecified atom stereocenters. The third-order valence-electron chi connectivity index (χ3n) is 8.50. The minimum Gasteiger partial charge on any atom is -0.429 e. The molecule has 236 valence electrons. The molecular weight excluding hydrogens is 606 g/mol. The molecule has 0 radical (unpaired) electrons. The Kier molecular flexibility index (Phi) is 10.3. The predicted molar refractivity (Wildman–Crippen MR) is 155 cm³/mol. The Morgan fingerprint density at radius 1 is 0.841 bits per heavy atom. The summed E-state index contributed by atoms with van der Waals surface area (Å²) in [5.41, 5.74) is -1.71. The molecule has 0 spiro atoms. The van der Waals surface area contributed by atoms with E-state index >= 15 is 8.78 Å². The van der Waals surface area contributed by atoms with E-state index in [1.807, 2.05) is 6.92 Å². The van der Waals surface area contributed by atoms with E-state index in [9.17, 15) is 17.6 Å². The molecule has 1 aliphatic heterocycles. The predicted octanol–water partition coefficient (Wildman–Crippen LogP) is 10.5. The zero-order chi connectivity index (χ0) is 31.4. The summed E-state index contributed by atoms with van der Waals surface area (Å²) in [6.45, 7) is 2.70. The average Bonchev–Trinajstić information content (AvgIpc) is 2.98.